The number of para-hydroxylation sites is 1. The summed E-state index contributed by atoms with van der Waals surface area (Å²) in [4.78, 5) is 2.56. The van der Waals surface area contributed by atoms with Crippen LogP contribution >= 0.6 is 0 Å². The van der Waals surface area contributed by atoms with Gasteiger partial charge in [-0.25, -0.2) is 0 Å². The van der Waals surface area contributed by atoms with Gasteiger partial charge in [0.2, 0.25) is 0 Å². The van der Waals surface area contributed by atoms with E-state index in [2.05, 4.69) is 55.3 Å². The van der Waals surface area contributed by atoms with Gasteiger partial charge in [0.15, 0.2) is 0 Å². The first kappa shape index (κ1) is 15.4. The van der Waals surface area contributed by atoms with E-state index in [0.717, 1.165) is 6.54 Å². The van der Waals surface area contributed by atoms with Crippen molar-refractivity contribution in [1.29, 1.82) is 0 Å². The van der Waals surface area contributed by atoms with Crippen molar-refractivity contribution in [2.24, 2.45) is 0 Å². The van der Waals surface area contributed by atoms with E-state index < -0.39 is 0 Å². The molecule has 0 aromatic heterocycles. The molecule has 0 radical (unpaired) electrons. The Labute approximate surface area is 124 Å². The van der Waals surface area contributed by atoms with E-state index in [-0.39, 0.29) is 5.54 Å². The molecule has 0 saturated carbocycles. The second-order valence-corrected chi connectivity index (χ2v) is 6.96. The van der Waals surface area contributed by atoms with Crippen LogP contribution in [0.5, 0.6) is 0 Å². The fourth-order valence-corrected chi connectivity index (χ4v) is 2.88. The normalized spacial score (nSPS) is 14.7. The molecule has 2 rings (SSSR count). The van der Waals surface area contributed by atoms with E-state index >= 15 is 0 Å². The molecule has 2 nitrogen and oxygen atoms in total. The zero-order valence-electron chi connectivity index (χ0n) is 13.4. The Hall–Kier alpha value is -1.02. The lowest BCUT2D eigenvalue weighted by atomic mass is 10.1. The maximum atomic E-state index is 3.56. The van der Waals surface area contributed by atoms with Crippen molar-refractivity contribution in [2.75, 3.05) is 24.5 Å². The Morgan fingerprint density at radius 1 is 1.05 bits per heavy atom. The molecule has 2 heteroatoms. The molecule has 0 saturated heterocycles. The lowest BCUT2D eigenvalue weighted by Crippen LogP contribution is -2.36. The predicted molar refractivity (Wildman–Crippen MR) is 88.6 cm³/mol. The van der Waals surface area contributed by atoms with Crippen LogP contribution in [0.15, 0.2) is 24.3 Å². The van der Waals surface area contributed by atoms with Gasteiger partial charge in [0, 0.05) is 24.3 Å². The van der Waals surface area contributed by atoms with Crippen LogP contribution in [0.2, 0.25) is 0 Å². The van der Waals surface area contributed by atoms with Gasteiger partial charge in [0.05, 0.1) is 0 Å². The van der Waals surface area contributed by atoms with E-state index in [1.165, 1.54) is 56.4 Å². The largest absolute Gasteiger partial charge is 0.371 e. The van der Waals surface area contributed by atoms with Crippen molar-refractivity contribution in [3.05, 3.63) is 29.8 Å². The lowest BCUT2D eigenvalue weighted by Gasteiger charge is -2.21. The number of hydrogen-bond donors (Lipinski definition) is 1. The average Bonchev–Trinajstić information content (AvgIpc) is 2.80. The Balaban J connectivity index is 1.57. The smallest absolute Gasteiger partial charge is 0.0399 e. The number of nitrogens with one attached hydrogen (secondary N) is 1. The zero-order chi connectivity index (χ0) is 14.4. The van der Waals surface area contributed by atoms with Crippen LogP contribution in [0.4, 0.5) is 5.69 Å². The molecule has 0 amide bonds. The molecule has 1 aliphatic heterocycles. The SMILES string of the molecule is CC(C)(C)NCCCCCCN1CCc2ccccc21. The Bertz CT molecular complexity index is 406. The molecule has 1 aromatic carbocycles. The topological polar surface area (TPSA) is 15.3 Å². The number of unbranched alkanes of at least 4 members (excludes halogenated alkanes) is 3. The van der Waals surface area contributed by atoms with Crippen LogP contribution in [-0.2, 0) is 6.42 Å². The van der Waals surface area contributed by atoms with Crippen LogP contribution in [-0.4, -0.2) is 25.2 Å². The highest BCUT2D eigenvalue weighted by molar-refractivity contribution is 5.57. The van der Waals surface area contributed by atoms with E-state index in [9.17, 15) is 0 Å². The minimum absolute atomic E-state index is 0.263. The Morgan fingerprint density at radius 2 is 1.80 bits per heavy atom. The van der Waals surface area contributed by atoms with Gasteiger partial charge in [-0.1, -0.05) is 31.0 Å². The second kappa shape index (κ2) is 7.12. The zero-order valence-corrected chi connectivity index (χ0v) is 13.4. The highest BCUT2D eigenvalue weighted by Gasteiger charge is 2.17. The third kappa shape index (κ3) is 4.82. The predicted octanol–water partition coefficient (Wildman–Crippen LogP) is 4.00. The molecule has 0 spiro atoms. The number of benzene rings is 1. The molecule has 0 unspecified atom stereocenters. The van der Waals surface area contributed by atoms with Crippen molar-refractivity contribution in [2.45, 2.75) is 58.4 Å². The van der Waals surface area contributed by atoms with Crippen LogP contribution in [0, 0.1) is 0 Å². The third-order valence-electron chi connectivity index (χ3n) is 3.99. The molecule has 0 aliphatic carbocycles. The first-order chi connectivity index (χ1) is 9.56. The number of nitrogens with zero attached hydrogens (tertiary/aromatic N) is 1. The molecule has 1 aromatic rings. The molecule has 112 valence electrons. The number of rotatable bonds is 7. The number of fused-ring (bicyclic) bond motifs is 1. The van der Waals surface area contributed by atoms with Gasteiger partial charge < -0.3 is 10.2 Å². The van der Waals surface area contributed by atoms with Gasteiger partial charge in [-0.2, -0.15) is 0 Å². The Kier molecular flexibility index (Phi) is 5.47. The molecular formula is C18H30N2. The summed E-state index contributed by atoms with van der Waals surface area (Å²) in [6, 6.07) is 8.86. The van der Waals surface area contributed by atoms with Gasteiger partial charge in [-0.15, -0.1) is 0 Å². The maximum absolute atomic E-state index is 3.56. The lowest BCUT2D eigenvalue weighted by molar-refractivity contribution is 0.416. The highest BCUT2D eigenvalue weighted by atomic mass is 15.1. The maximum Gasteiger partial charge on any atom is 0.0399 e. The van der Waals surface area contributed by atoms with Crippen LogP contribution in [0.25, 0.3) is 0 Å². The van der Waals surface area contributed by atoms with E-state index in [4.69, 9.17) is 0 Å². The molecule has 1 N–H and O–H groups in total. The quantitative estimate of drug-likeness (QED) is 0.756. The van der Waals surface area contributed by atoms with Crippen molar-refractivity contribution >= 4 is 5.69 Å². The van der Waals surface area contributed by atoms with Gasteiger partial charge in [0.1, 0.15) is 0 Å². The number of hydrogen-bond acceptors (Lipinski definition) is 2. The average molecular weight is 274 g/mol. The third-order valence-corrected chi connectivity index (χ3v) is 3.99. The molecule has 0 atom stereocenters. The van der Waals surface area contributed by atoms with Crippen LogP contribution in [0.1, 0.15) is 52.0 Å². The minimum Gasteiger partial charge on any atom is -0.371 e. The van der Waals surface area contributed by atoms with Gasteiger partial charge in [0.25, 0.3) is 0 Å². The summed E-state index contributed by atoms with van der Waals surface area (Å²) in [5.41, 5.74) is 3.27. The van der Waals surface area contributed by atoms with Crippen LogP contribution in [0.3, 0.4) is 0 Å². The Morgan fingerprint density at radius 3 is 2.60 bits per heavy atom. The number of anilines is 1. The van der Waals surface area contributed by atoms with Gasteiger partial charge in [-0.05, 0) is 58.2 Å². The summed E-state index contributed by atoms with van der Waals surface area (Å²) in [5, 5.41) is 3.56. The monoisotopic (exact) mass is 274 g/mol. The van der Waals surface area contributed by atoms with Crippen LogP contribution < -0.4 is 10.2 Å². The van der Waals surface area contributed by atoms with E-state index in [0.29, 0.717) is 0 Å². The van der Waals surface area contributed by atoms with Gasteiger partial charge >= 0.3 is 0 Å². The minimum atomic E-state index is 0.263. The molecule has 0 fully saturated rings. The van der Waals surface area contributed by atoms with Crippen molar-refractivity contribution in [1.82, 2.24) is 5.32 Å². The van der Waals surface area contributed by atoms with Crippen molar-refractivity contribution < 1.29 is 0 Å². The van der Waals surface area contributed by atoms with E-state index in [1.54, 1.807) is 0 Å². The summed E-state index contributed by atoms with van der Waals surface area (Å²) in [7, 11) is 0. The molecule has 1 heterocycles. The fraction of sp³-hybridized carbons (Fsp3) is 0.667. The summed E-state index contributed by atoms with van der Waals surface area (Å²) >= 11 is 0. The first-order valence-corrected chi connectivity index (χ1v) is 8.14. The van der Waals surface area contributed by atoms with E-state index in [1.807, 2.05) is 0 Å². The molecule has 0 bridgehead atoms. The fourth-order valence-electron chi connectivity index (χ4n) is 2.88. The highest BCUT2D eigenvalue weighted by Crippen LogP contribution is 2.27. The molecule has 20 heavy (non-hydrogen) atoms. The summed E-state index contributed by atoms with van der Waals surface area (Å²) in [6.45, 7) is 10.3. The molecular weight excluding hydrogens is 244 g/mol. The van der Waals surface area contributed by atoms with Gasteiger partial charge in [-0.3, -0.25) is 0 Å². The van der Waals surface area contributed by atoms with Crippen molar-refractivity contribution in [3.8, 4) is 0 Å². The molecule has 1 aliphatic rings. The summed E-state index contributed by atoms with van der Waals surface area (Å²) < 4.78 is 0. The first-order valence-electron chi connectivity index (χ1n) is 8.14. The summed E-state index contributed by atoms with van der Waals surface area (Å²) in [5.74, 6) is 0. The summed E-state index contributed by atoms with van der Waals surface area (Å²) in [6.07, 6.45) is 6.55. The second-order valence-electron chi connectivity index (χ2n) is 6.96. The standard InChI is InChI=1S/C18H30N2/c1-18(2,3)19-13-8-4-5-9-14-20-15-12-16-10-6-7-11-17(16)20/h6-7,10-11,19H,4-5,8-9,12-15H2,1-3H3. The van der Waals surface area contributed by atoms with Crippen molar-refractivity contribution in [3.63, 3.8) is 0 Å².